The molecule has 3 aromatic rings. The summed E-state index contributed by atoms with van der Waals surface area (Å²) in [5, 5.41) is 7.05. The number of thiazole rings is 1. The summed E-state index contributed by atoms with van der Waals surface area (Å²) in [6.45, 7) is 2.56. The van der Waals surface area contributed by atoms with Gasteiger partial charge in [-0.3, -0.25) is 9.20 Å². The Kier molecular flexibility index (Phi) is 3.67. The van der Waals surface area contributed by atoms with E-state index < -0.39 is 10.0 Å². The van der Waals surface area contributed by atoms with E-state index >= 15 is 0 Å². The van der Waals surface area contributed by atoms with Crippen molar-refractivity contribution < 1.29 is 8.42 Å². The fraction of sp³-hybridized carbons (Fsp3) is 0.250. The molecule has 9 heteroatoms. The van der Waals surface area contributed by atoms with Gasteiger partial charge in [-0.15, -0.1) is 11.3 Å². The minimum absolute atomic E-state index is 0.0992. The van der Waals surface area contributed by atoms with Crippen molar-refractivity contribution in [2.45, 2.75) is 30.8 Å². The van der Waals surface area contributed by atoms with Gasteiger partial charge in [-0.05, 0) is 37.1 Å². The maximum atomic E-state index is 12.1. The van der Waals surface area contributed by atoms with Crippen LogP contribution in [0.3, 0.4) is 0 Å². The highest BCUT2D eigenvalue weighted by Crippen LogP contribution is 2.34. The molecule has 0 unspecified atom stereocenters. The molecule has 4 rings (SSSR count). The van der Waals surface area contributed by atoms with Gasteiger partial charge in [0.25, 0.3) is 5.56 Å². The highest BCUT2D eigenvalue weighted by molar-refractivity contribution is 7.89. The molecule has 0 saturated carbocycles. The number of benzene rings is 1. The second-order valence-corrected chi connectivity index (χ2v) is 8.59. The van der Waals surface area contributed by atoms with Crippen molar-refractivity contribution >= 4 is 32.0 Å². The van der Waals surface area contributed by atoms with Crippen molar-refractivity contribution in [2.75, 3.05) is 4.90 Å². The van der Waals surface area contributed by atoms with Gasteiger partial charge in [-0.25, -0.2) is 18.5 Å². The molecule has 1 aliphatic heterocycles. The van der Waals surface area contributed by atoms with E-state index in [0.29, 0.717) is 17.2 Å². The standard InChI is InChI=1S/C16H16N4O3S2/c1-10-6-11-7-13(25(17,22)23)2-3-14(11)20(10)9-12-8-15(21)19-4-5-24-16(19)18-12/h2-5,7-8,10H,6,9H2,1H3,(H2,17,22,23)/t10-/m1/s1. The Hall–Kier alpha value is -2.23. The number of rotatable bonds is 3. The molecule has 0 aliphatic carbocycles. The zero-order valence-corrected chi connectivity index (χ0v) is 15.0. The molecule has 3 heterocycles. The zero-order valence-electron chi connectivity index (χ0n) is 13.4. The quantitative estimate of drug-likeness (QED) is 0.744. The highest BCUT2D eigenvalue weighted by Gasteiger charge is 2.27. The number of fused-ring (bicyclic) bond motifs is 2. The average Bonchev–Trinajstić information content (AvgIpc) is 3.11. The lowest BCUT2D eigenvalue weighted by atomic mass is 10.1. The average molecular weight is 376 g/mol. The van der Waals surface area contributed by atoms with E-state index in [4.69, 9.17) is 5.14 Å². The normalized spacial score (nSPS) is 17.2. The third kappa shape index (κ3) is 2.84. The Morgan fingerprint density at radius 1 is 1.36 bits per heavy atom. The third-order valence-corrected chi connectivity index (χ3v) is 6.09. The predicted octanol–water partition coefficient (Wildman–Crippen LogP) is 1.35. The van der Waals surface area contributed by atoms with Gasteiger partial charge in [0, 0.05) is 29.4 Å². The molecule has 0 spiro atoms. The van der Waals surface area contributed by atoms with E-state index in [1.807, 2.05) is 5.38 Å². The Morgan fingerprint density at radius 2 is 2.16 bits per heavy atom. The van der Waals surface area contributed by atoms with Gasteiger partial charge in [-0.2, -0.15) is 0 Å². The van der Waals surface area contributed by atoms with Crippen molar-refractivity contribution in [3.05, 3.63) is 57.5 Å². The second kappa shape index (κ2) is 5.65. The minimum atomic E-state index is -3.72. The monoisotopic (exact) mass is 376 g/mol. The third-order valence-electron chi connectivity index (χ3n) is 4.42. The molecule has 1 aliphatic rings. The summed E-state index contributed by atoms with van der Waals surface area (Å²) in [6.07, 6.45) is 2.43. The Labute approximate surface area is 148 Å². The van der Waals surface area contributed by atoms with Crippen molar-refractivity contribution in [1.82, 2.24) is 9.38 Å². The number of primary sulfonamides is 1. The van der Waals surface area contributed by atoms with Crippen LogP contribution in [0.1, 0.15) is 18.2 Å². The van der Waals surface area contributed by atoms with Gasteiger partial charge >= 0.3 is 0 Å². The number of nitrogens with two attached hydrogens (primary N) is 1. The number of hydrogen-bond donors (Lipinski definition) is 1. The molecule has 25 heavy (non-hydrogen) atoms. The molecule has 0 fully saturated rings. The van der Waals surface area contributed by atoms with E-state index in [1.54, 1.807) is 24.4 Å². The molecule has 0 amide bonds. The molecule has 0 bridgehead atoms. The molecule has 130 valence electrons. The number of aromatic nitrogens is 2. The first-order chi connectivity index (χ1) is 11.8. The summed E-state index contributed by atoms with van der Waals surface area (Å²) in [5.41, 5.74) is 2.49. The summed E-state index contributed by atoms with van der Waals surface area (Å²) in [4.78, 5) is 19.6. The Morgan fingerprint density at radius 3 is 2.92 bits per heavy atom. The van der Waals surface area contributed by atoms with E-state index in [1.165, 1.54) is 21.8 Å². The van der Waals surface area contributed by atoms with Crippen molar-refractivity contribution in [3.63, 3.8) is 0 Å². The number of sulfonamides is 1. The lowest BCUT2D eigenvalue weighted by molar-refractivity contribution is 0.597. The van der Waals surface area contributed by atoms with Crippen molar-refractivity contribution in [1.29, 1.82) is 0 Å². The second-order valence-electron chi connectivity index (χ2n) is 6.16. The lowest BCUT2D eigenvalue weighted by Crippen LogP contribution is -2.30. The van der Waals surface area contributed by atoms with Gasteiger partial charge < -0.3 is 4.90 Å². The van der Waals surface area contributed by atoms with Gasteiger partial charge in [0.2, 0.25) is 10.0 Å². The number of nitrogens with zero attached hydrogens (tertiary/aromatic N) is 3. The number of anilines is 1. The van der Waals surface area contributed by atoms with Crippen LogP contribution in [0.15, 0.2) is 45.5 Å². The van der Waals surface area contributed by atoms with Crippen LogP contribution in [0.25, 0.3) is 4.96 Å². The van der Waals surface area contributed by atoms with Crippen LogP contribution in [0, 0.1) is 0 Å². The molecule has 2 aromatic heterocycles. The van der Waals surface area contributed by atoms with Crippen molar-refractivity contribution in [3.8, 4) is 0 Å². The molecule has 2 N–H and O–H groups in total. The van der Waals surface area contributed by atoms with Gasteiger partial charge in [0.05, 0.1) is 17.1 Å². The largest absolute Gasteiger partial charge is 0.362 e. The molecular formula is C16H16N4O3S2. The molecule has 1 aromatic carbocycles. The first-order valence-corrected chi connectivity index (χ1v) is 10.1. The number of hydrogen-bond acceptors (Lipinski definition) is 6. The van der Waals surface area contributed by atoms with E-state index in [-0.39, 0.29) is 16.5 Å². The van der Waals surface area contributed by atoms with Crippen LogP contribution in [0.5, 0.6) is 0 Å². The molecule has 1 atom stereocenters. The van der Waals surface area contributed by atoms with Crippen LogP contribution < -0.4 is 15.6 Å². The Bertz CT molecular complexity index is 1130. The SMILES string of the molecule is C[C@@H]1Cc2cc(S(N)(=O)=O)ccc2N1Cc1cc(=O)n2ccsc2n1. The van der Waals surface area contributed by atoms with E-state index in [2.05, 4.69) is 16.8 Å². The Balaban J connectivity index is 1.71. The summed E-state index contributed by atoms with van der Waals surface area (Å²) in [6, 6.07) is 6.64. The van der Waals surface area contributed by atoms with Gasteiger partial charge in [0.15, 0.2) is 4.96 Å². The fourth-order valence-corrected chi connectivity index (χ4v) is 4.54. The van der Waals surface area contributed by atoms with Crippen LogP contribution >= 0.6 is 11.3 Å². The van der Waals surface area contributed by atoms with Crippen LogP contribution in [-0.4, -0.2) is 23.8 Å². The smallest absolute Gasteiger partial charge is 0.258 e. The molecule has 0 radical (unpaired) electrons. The van der Waals surface area contributed by atoms with Gasteiger partial charge in [-0.1, -0.05) is 0 Å². The summed E-state index contributed by atoms with van der Waals surface area (Å²) < 4.78 is 24.6. The lowest BCUT2D eigenvalue weighted by Gasteiger charge is -2.24. The minimum Gasteiger partial charge on any atom is -0.362 e. The molecule has 7 nitrogen and oxygen atoms in total. The molecular weight excluding hydrogens is 360 g/mol. The highest BCUT2D eigenvalue weighted by atomic mass is 32.2. The zero-order chi connectivity index (χ0) is 17.8. The summed E-state index contributed by atoms with van der Waals surface area (Å²) >= 11 is 1.42. The van der Waals surface area contributed by atoms with Crippen LogP contribution in [0.2, 0.25) is 0 Å². The fourth-order valence-electron chi connectivity index (χ4n) is 3.23. The van der Waals surface area contributed by atoms with Gasteiger partial charge in [0.1, 0.15) is 0 Å². The van der Waals surface area contributed by atoms with Crippen molar-refractivity contribution in [2.24, 2.45) is 5.14 Å². The first-order valence-electron chi connectivity index (χ1n) is 7.71. The maximum absolute atomic E-state index is 12.1. The van der Waals surface area contributed by atoms with E-state index in [9.17, 15) is 13.2 Å². The van der Waals surface area contributed by atoms with Crippen LogP contribution in [0.4, 0.5) is 5.69 Å². The predicted molar refractivity (Wildman–Crippen MR) is 96.5 cm³/mol. The topological polar surface area (TPSA) is 97.8 Å². The van der Waals surface area contributed by atoms with Crippen LogP contribution in [-0.2, 0) is 23.0 Å². The first kappa shape index (κ1) is 16.2. The summed E-state index contributed by atoms with van der Waals surface area (Å²) in [7, 11) is -3.72. The maximum Gasteiger partial charge on any atom is 0.258 e. The molecule has 0 saturated heterocycles. The summed E-state index contributed by atoms with van der Waals surface area (Å²) in [5.74, 6) is 0. The van der Waals surface area contributed by atoms with E-state index in [0.717, 1.165) is 17.7 Å².